The van der Waals surface area contributed by atoms with Crippen molar-refractivity contribution in [3.05, 3.63) is 35.9 Å². The Bertz CT molecular complexity index is 449. The molecule has 22 heavy (non-hydrogen) atoms. The van der Waals surface area contributed by atoms with E-state index in [2.05, 4.69) is 10.1 Å². The first-order chi connectivity index (χ1) is 10.6. The third kappa shape index (κ3) is 8.26. The van der Waals surface area contributed by atoms with E-state index in [1.165, 1.54) is 7.11 Å². The smallest absolute Gasteiger partial charge is 0.407 e. The van der Waals surface area contributed by atoms with Crippen molar-refractivity contribution < 1.29 is 24.2 Å². The summed E-state index contributed by atoms with van der Waals surface area (Å²) in [5.74, 6) is -0.421. The molecule has 0 fully saturated rings. The van der Waals surface area contributed by atoms with Crippen LogP contribution in [0.4, 0.5) is 4.79 Å². The maximum Gasteiger partial charge on any atom is 0.407 e. The Labute approximate surface area is 130 Å². The molecule has 0 aliphatic rings. The third-order valence-electron chi connectivity index (χ3n) is 3.08. The summed E-state index contributed by atoms with van der Waals surface area (Å²) in [6.07, 6.45) is 0.755. The molecule has 1 aromatic rings. The minimum Gasteiger partial charge on any atom is -0.469 e. The van der Waals surface area contributed by atoms with Gasteiger partial charge in [-0.05, 0) is 24.8 Å². The number of aliphatic hydroxyl groups is 1. The van der Waals surface area contributed by atoms with E-state index in [4.69, 9.17) is 4.74 Å². The van der Waals surface area contributed by atoms with E-state index in [0.717, 1.165) is 5.56 Å². The average Bonchev–Trinajstić information content (AvgIpc) is 2.53. The first-order valence-corrected chi connectivity index (χ1v) is 7.31. The van der Waals surface area contributed by atoms with Crippen molar-refractivity contribution in [1.29, 1.82) is 0 Å². The molecule has 0 bridgehead atoms. The van der Waals surface area contributed by atoms with E-state index < -0.39 is 18.2 Å². The Morgan fingerprint density at radius 1 is 1.23 bits per heavy atom. The molecule has 0 heterocycles. The molecule has 6 nitrogen and oxygen atoms in total. The van der Waals surface area contributed by atoms with Crippen LogP contribution in [-0.2, 0) is 20.9 Å². The topological polar surface area (TPSA) is 84.9 Å². The lowest BCUT2D eigenvalue weighted by atomic mass is 10.1. The van der Waals surface area contributed by atoms with Gasteiger partial charge in [0.25, 0.3) is 0 Å². The van der Waals surface area contributed by atoms with Gasteiger partial charge in [0.2, 0.25) is 0 Å². The second-order valence-electron chi connectivity index (χ2n) is 4.92. The first kappa shape index (κ1) is 18.0. The largest absolute Gasteiger partial charge is 0.469 e. The molecular formula is C16H23NO5. The number of hydrogen-bond acceptors (Lipinski definition) is 5. The van der Waals surface area contributed by atoms with E-state index >= 15 is 0 Å². The van der Waals surface area contributed by atoms with E-state index in [0.29, 0.717) is 25.8 Å². The molecule has 2 N–H and O–H groups in total. The van der Waals surface area contributed by atoms with Crippen molar-refractivity contribution in [2.75, 3.05) is 13.7 Å². The number of ether oxygens (including phenoxy) is 2. The van der Waals surface area contributed by atoms with Crippen molar-refractivity contribution in [3.8, 4) is 0 Å². The van der Waals surface area contributed by atoms with Crippen LogP contribution in [0.3, 0.4) is 0 Å². The third-order valence-corrected chi connectivity index (χ3v) is 3.08. The fourth-order valence-corrected chi connectivity index (χ4v) is 1.85. The van der Waals surface area contributed by atoms with Crippen LogP contribution in [0.15, 0.2) is 30.3 Å². The lowest BCUT2D eigenvalue weighted by Crippen LogP contribution is -2.25. The van der Waals surface area contributed by atoms with Gasteiger partial charge in [-0.25, -0.2) is 4.79 Å². The van der Waals surface area contributed by atoms with Crippen LogP contribution in [0, 0.1) is 0 Å². The summed E-state index contributed by atoms with van der Waals surface area (Å²) in [5.41, 5.74) is 0.934. The zero-order chi connectivity index (χ0) is 16.2. The summed E-state index contributed by atoms with van der Waals surface area (Å²) in [5, 5.41) is 12.2. The van der Waals surface area contributed by atoms with Crippen molar-refractivity contribution in [3.63, 3.8) is 0 Å². The van der Waals surface area contributed by atoms with Crippen LogP contribution < -0.4 is 5.32 Å². The molecule has 1 rings (SSSR count). The quantitative estimate of drug-likeness (QED) is 0.538. The highest BCUT2D eigenvalue weighted by Crippen LogP contribution is 2.05. The summed E-state index contributed by atoms with van der Waals surface area (Å²) in [6, 6.07) is 9.44. The monoisotopic (exact) mass is 309 g/mol. The molecule has 0 aliphatic carbocycles. The van der Waals surface area contributed by atoms with Gasteiger partial charge >= 0.3 is 12.1 Å². The maximum absolute atomic E-state index is 11.5. The molecule has 6 heteroatoms. The second-order valence-corrected chi connectivity index (χ2v) is 4.92. The maximum atomic E-state index is 11.5. The van der Waals surface area contributed by atoms with Gasteiger partial charge in [-0.15, -0.1) is 0 Å². The molecular weight excluding hydrogens is 286 g/mol. The van der Waals surface area contributed by atoms with Gasteiger partial charge in [0.1, 0.15) is 6.61 Å². The number of hydrogen-bond donors (Lipinski definition) is 2. The van der Waals surface area contributed by atoms with Crippen molar-refractivity contribution in [2.24, 2.45) is 0 Å². The lowest BCUT2D eigenvalue weighted by Gasteiger charge is -2.09. The summed E-state index contributed by atoms with van der Waals surface area (Å²) < 4.78 is 9.53. The molecule has 0 saturated carbocycles. The van der Waals surface area contributed by atoms with Crippen LogP contribution in [0.1, 0.15) is 31.2 Å². The fraction of sp³-hybridized carbons (Fsp3) is 0.500. The van der Waals surface area contributed by atoms with Gasteiger partial charge in [-0.2, -0.15) is 0 Å². The van der Waals surface area contributed by atoms with Crippen LogP contribution in [-0.4, -0.2) is 36.9 Å². The summed E-state index contributed by atoms with van der Waals surface area (Å²) in [7, 11) is 1.29. The molecule has 0 spiro atoms. The number of rotatable bonds is 9. The Morgan fingerprint density at radius 3 is 2.64 bits per heavy atom. The number of benzene rings is 1. The number of amides is 1. The molecule has 1 aromatic carbocycles. The standard InChI is InChI=1S/C16H23NO5/c1-21-15(19)11-14(18)9-5-6-10-17-16(20)22-12-13-7-3-2-4-8-13/h2-4,7-8,14,18H,5-6,9-12H2,1H3,(H,17,20). The number of methoxy groups -OCH3 is 1. The van der Waals surface area contributed by atoms with Gasteiger partial charge in [0.15, 0.2) is 0 Å². The van der Waals surface area contributed by atoms with Gasteiger partial charge < -0.3 is 19.9 Å². The van der Waals surface area contributed by atoms with Crippen LogP contribution >= 0.6 is 0 Å². The number of esters is 1. The van der Waals surface area contributed by atoms with Crippen molar-refractivity contribution in [1.82, 2.24) is 5.32 Å². The van der Waals surface area contributed by atoms with Crippen LogP contribution in [0.25, 0.3) is 0 Å². The highest BCUT2D eigenvalue weighted by molar-refractivity contribution is 5.69. The summed E-state index contributed by atoms with van der Waals surface area (Å²) in [4.78, 5) is 22.4. The Hall–Kier alpha value is -2.08. The Morgan fingerprint density at radius 2 is 1.95 bits per heavy atom. The highest BCUT2D eigenvalue weighted by Gasteiger charge is 2.10. The number of aliphatic hydroxyl groups excluding tert-OH is 1. The lowest BCUT2D eigenvalue weighted by molar-refractivity contribution is -0.142. The molecule has 1 amide bonds. The van der Waals surface area contributed by atoms with Crippen molar-refractivity contribution in [2.45, 2.75) is 38.4 Å². The van der Waals surface area contributed by atoms with Gasteiger partial charge in [-0.1, -0.05) is 30.3 Å². The summed E-state index contributed by atoms with van der Waals surface area (Å²) in [6.45, 7) is 0.711. The van der Waals surface area contributed by atoms with Crippen LogP contribution in [0.5, 0.6) is 0 Å². The second kappa shape index (κ2) is 10.6. The summed E-state index contributed by atoms with van der Waals surface area (Å²) >= 11 is 0. The van der Waals surface area contributed by atoms with Gasteiger partial charge in [0, 0.05) is 6.54 Å². The Balaban J connectivity index is 2.02. The molecule has 122 valence electrons. The molecule has 0 aliphatic heterocycles. The average molecular weight is 309 g/mol. The molecule has 1 unspecified atom stereocenters. The van der Waals surface area contributed by atoms with E-state index in [-0.39, 0.29) is 13.0 Å². The predicted molar refractivity (Wildman–Crippen MR) is 81.1 cm³/mol. The van der Waals surface area contributed by atoms with Crippen LogP contribution in [0.2, 0.25) is 0 Å². The predicted octanol–water partition coefficient (Wildman–Crippen LogP) is 2.01. The van der Waals surface area contributed by atoms with Crippen molar-refractivity contribution >= 4 is 12.1 Å². The number of carbonyl (C=O) groups excluding carboxylic acids is 2. The SMILES string of the molecule is COC(=O)CC(O)CCCCNC(=O)OCc1ccccc1. The molecule has 1 atom stereocenters. The number of unbranched alkanes of at least 4 members (excludes halogenated alkanes) is 1. The number of carbonyl (C=O) groups is 2. The Kier molecular flexibility index (Phi) is 8.67. The highest BCUT2D eigenvalue weighted by atomic mass is 16.5. The fourth-order valence-electron chi connectivity index (χ4n) is 1.85. The molecule has 0 aromatic heterocycles. The van der Waals surface area contributed by atoms with Gasteiger partial charge in [0.05, 0.1) is 19.6 Å². The van der Waals surface area contributed by atoms with Gasteiger partial charge in [-0.3, -0.25) is 4.79 Å². The van der Waals surface area contributed by atoms with E-state index in [1.54, 1.807) is 0 Å². The number of alkyl carbamates (subject to hydrolysis) is 1. The minimum atomic E-state index is -0.697. The normalized spacial score (nSPS) is 11.5. The zero-order valence-electron chi connectivity index (χ0n) is 12.8. The minimum absolute atomic E-state index is 0.00302. The molecule has 0 saturated heterocycles. The first-order valence-electron chi connectivity index (χ1n) is 7.31. The van der Waals surface area contributed by atoms with E-state index in [1.807, 2.05) is 30.3 Å². The number of nitrogens with one attached hydrogen (secondary N) is 1. The molecule has 0 radical (unpaired) electrons. The van der Waals surface area contributed by atoms with E-state index in [9.17, 15) is 14.7 Å². The zero-order valence-corrected chi connectivity index (χ0v) is 12.8.